The maximum absolute atomic E-state index is 11.9. The summed E-state index contributed by atoms with van der Waals surface area (Å²) < 4.78 is 27.7. The first kappa shape index (κ1) is 12.7. The minimum Gasteiger partial charge on any atom is -0.229 e. The summed E-state index contributed by atoms with van der Waals surface area (Å²) >= 11 is 4.67. The molecule has 7 heteroatoms. The van der Waals surface area contributed by atoms with Crippen molar-refractivity contribution in [3.8, 4) is 0 Å². The van der Waals surface area contributed by atoms with Crippen molar-refractivity contribution in [2.24, 2.45) is 0 Å². The molecule has 0 atom stereocenters. The number of nitrogens with zero attached hydrogens (tertiary/aromatic N) is 1. The van der Waals surface area contributed by atoms with E-state index in [4.69, 9.17) is 0 Å². The van der Waals surface area contributed by atoms with Gasteiger partial charge in [-0.1, -0.05) is 6.08 Å². The number of benzene rings is 1. The molecule has 2 rings (SSSR count). The largest absolute Gasteiger partial charge is 0.240 e. The van der Waals surface area contributed by atoms with E-state index in [-0.39, 0.29) is 11.4 Å². The van der Waals surface area contributed by atoms with Crippen LogP contribution < -0.4 is 4.72 Å². The van der Waals surface area contributed by atoms with Crippen molar-refractivity contribution in [2.45, 2.75) is 4.90 Å². The van der Waals surface area contributed by atoms with Gasteiger partial charge in [-0.3, -0.25) is 0 Å². The van der Waals surface area contributed by atoms with Crippen LogP contribution in [0.25, 0.3) is 10.2 Å². The summed E-state index contributed by atoms with van der Waals surface area (Å²) in [5.74, 6) is 0. The number of rotatable bonds is 4. The molecule has 1 aromatic carbocycles. The van der Waals surface area contributed by atoms with Crippen LogP contribution in [-0.4, -0.2) is 19.9 Å². The second-order valence-corrected chi connectivity index (χ2v) is 7.31. The first-order chi connectivity index (χ1) is 8.03. The SMILES string of the molecule is C=CCNS(=O)(=O)c1ccc2nc(Br)sc2c1. The van der Waals surface area contributed by atoms with E-state index in [1.54, 1.807) is 18.2 Å². The van der Waals surface area contributed by atoms with E-state index in [0.717, 1.165) is 14.1 Å². The van der Waals surface area contributed by atoms with Gasteiger partial charge < -0.3 is 0 Å². The van der Waals surface area contributed by atoms with Crippen LogP contribution in [0.3, 0.4) is 0 Å². The standard InChI is InChI=1S/C10H9BrN2O2S2/c1-2-5-12-17(14,15)7-3-4-8-9(6-7)16-10(11)13-8/h2-4,6,12H,1,5H2. The molecule has 0 bridgehead atoms. The predicted molar refractivity (Wildman–Crippen MR) is 72.7 cm³/mol. The third-order valence-electron chi connectivity index (χ3n) is 2.06. The van der Waals surface area contributed by atoms with Crippen LogP contribution in [0.1, 0.15) is 0 Å². The Kier molecular flexibility index (Phi) is 3.62. The lowest BCUT2D eigenvalue weighted by Gasteiger charge is -2.03. The molecular weight excluding hydrogens is 324 g/mol. The predicted octanol–water partition coefficient (Wildman–Crippen LogP) is 2.52. The fraction of sp³-hybridized carbons (Fsp3) is 0.100. The van der Waals surface area contributed by atoms with E-state index in [0.29, 0.717) is 0 Å². The second-order valence-electron chi connectivity index (χ2n) is 3.24. The van der Waals surface area contributed by atoms with Gasteiger partial charge in [0.15, 0.2) is 3.92 Å². The van der Waals surface area contributed by atoms with Crippen LogP contribution >= 0.6 is 27.3 Å². The van der Waals surface area contributed by atoms with Gasteiger partial charge in [-0.2, -0.15) is 0 Å². The van der Waals surface area contributed by atoms with Crippen molar-refractivity contribution in [1.82, 2.24) is 9.71 Å². The molecule has 0 aliphatic heterocycles. The normalized spacial score (nSPS) is 11.8. The van der Waals surface area contributed by atoms with E-state index >= 15 is 0 Å². The first-order valence-corrected chi connectivity index (χ1v) is 7.79. The van der Waals surface area contributed by atoms with Crippen LogP contribution in [0.2, 0.25) is 0 Å². The highest BCUT2D eigenvalue weighted by molar-refractivity contribution is 9.11. The molecule has 0 aliphatic rings. The molecule has 0 amide bonds. The van der Waals surface area contributed by atoms with Gasteiger partial charge in [0.05, 0.1) is 15.1 Å². The van der Waals surface area contributed by atoms with E-state index in [9.17, 15) is 8.42 Å². The van der Waals surface area contributed by atoms with Gasteiger partial charge in [0.25, 0.3) is 0 Å². The average Bonchev–Trinajstić information content (AvgIpc) is 2.65. The molecular formula is C10H9BrN2O2S2. The molecule has 1 aromatic heterocycles. The van der Waals surface area contributed by atoms with Crippen LogP contribution in [0.5, 0.6) is 0 Å². The zero-order valence-corrected chi connectivity index (χ0v) is 11.9. The highest BCUT2D eigenvalue weighted by Gasteiger charge is 2.14. The van der Waals surface area contributed by atoms with E-state index < -0.39 is 10.0 Å². The minimum absolute atomic E-state index is 0.215. The zero-order chi connectivity index (χ0) is 12.5. The Balaban J connectivity index is 2.45. The summed E-state index contributed by atoms with van der Waals surface area (Å²) in [5.41, 5.74) is 0.782. The molecule has 2 aromatic rings. The van der Waals surface area contributed by atoms with Gasteiger partial charge >= 0.3 is 0 Å². The van der Waals surface area contributed by atoms with Crippen LogP contribution in [0.4, 0.5) is 0 Å². The molecule has 0 radical (unpaired) electrons. The number of fused-ring (bicyclic) bond motifs is 1. The molecule has 0 spiro atoms. The summed E-state index contributed by atoms with van der Waals surface area (Å²) in [7, 11) is -3.46. The molecule has 1 heterocycles. The van der Waals surface area contributed by atoms with Crippen LogP contribution in [-0.2, 0) is 10.0 Å². The molecule has 17 heavy (non-hydrogen) atoms. The lowest BCUT2D eigenvalue weighted by molar-refractivity contribution is 0.586. The van der Waals surface area contributed by atoms with E-state index in [1.807, 2.05) is 0 Å². The summed E-state index contributed by atoms with van der Waals surface area (Å²) in [5, 5.41) is 0. The number of hydrogen-bond donors (Lipinski definition) is 1. The molecule has 90 valence electrons. The molecule has 0 saturated carbocycles. The highest BCUT2D eigenvalue weighted by atomic mass is 79.9. The fourth-order valence-corrected chi connectivity index (χ4v) is 3.84. The monoisotopic (exact) mass is 332 g/mol. The number of nitrogens with one attached hydrogen (secondary N) is 1. The number of thiazole rings is 1. The van der Waals surface area contributed by atoms with Gasteiger partial charge in [0.1, 0.15) is 0 Å². The van der Waals surface area contributed by atoms with Gasteiger partial charge in [-0.25, -0.2) is 18.1 Å². The third-order valence-corrected chi connectivity index (χ3v) is 4.95. The van der Waals surface area contributed by atoms with Crippen molar-refractivity contribution in [1.29, 1.82) is 0 Å². The second kappa shape index (κ2) is 4.85. The highest BCUT2D eigenvalue weighted by Crippen LogP contribution is 2.27. The number of sulfonamides is 1. The molecule has 0 saturated heterocycles. The Hall–Kier alpha value is -0.760. The van der Waals surface area contributed by atoms with Crippen molar-refractivity contribution < 1.29 is 8.42 Å². The van der Waals surface area contributed by atoms with Gasteiger partial charge in [-0.15, -0.1) is 17.9 Å². The number of hydrogen-bond acceptors (Lipinski definition) is 4. The fourth-order valence-electron chi connectivity index (χ4n) is 1.30. The van der Waals surface area contributed by atoms with Gasteiger partial charge in [0.2, 0.25) is 10.0 Å². The first-order valence-electron chi connectivity index (χ1n) is 4.69. The third kappa shape index (κ3) is 2.74. The number of aromatic nitrogens is 1. The number of halogens is 1. The summed E-state index contributed by atoms with van der Waals surface area (Å²) in [6, 6.07) is 4.85. The lowest BCUT2D eigenvalue weighted by Crippen LogP contribution is -2.23. The summed E-state index contributed by atoms with van der Waals surface area (Å²) in [6.45, 7) is 3.68. The lowest BCUT2D eigenvalue weighted by atomic mass is 10.3. The summed E-state index contributed by atoms with van der Waals surface area (Å²) in [4.78, 5) is 4.44. The maximum atomic E-state index is 11.9. The van der Waals surface area contributed by atoms with Crippen molar-refractivity contribution in [3.05, 3.63) is 34.8 Å². The minimum atomic E-state index is -3.46. The van der Waals surface area contributed by atoms with E-state index in [2.05, 4.69) is 32.2 Å². The molecule has 0 aliphatic carbocycles. The Labute approximate surface area is 112 Å². The van der Waals surface area contributed by atoms with E-state index in [1.165, 1.54) is 17.4 Å². The zero-order valence-electron chi connectivity index (χ0n) is 8.68. The Bertz CT molecular complexity index is 664. The van der Waals surface area contributed by atoms with Crippen molar-refractivity contribution >= 4 is 47.5 Å². The van der Waals surface area contributed by atoms with Gasteiger partial charge in [-0.05, 0) is 34.1 Å². The molecule has 0 unspecified atom stereocenters. The molecule has 4 nitrogen and oxygen atoms in total. The smallest absolute Gasteiger partial charge is 0.229 e. The van der Waals surface area contributed by atoms with Crippen LogP contribution in [0, 0.1) is 0 Å². The average molecular weight is 333 g/mol. The molecule has 1 N–H and O–H groups in total. The Morgan fingerprint density at radius 1 is 1.53 bits per heavy atom. The Morgan fingerprint density at radius 3 is 3.00 bits per heavy atom. The Morgan fingerprint density at radius 2 is 2.29 bits per heavy atom. The van der Waals surface area contributed by atoms with Crippen molar-refractivity contribution in [3.63, 3.8) is 0 Å². The topological polar surface area (TPSA) is 59.1 Å². The van der Waals surface area contributed by atoms with Crippen molar-refractivity contribution in [2.75, 3.05) is 6.54 Å². The molecule has 0 fully saturated rings. The quantitative estimate of drug-likeness (QED) is 0.875. The van der Waals surface area contributed by atoms with Crippen LogP contribution in [0.15, 0.2) is 39.7 Å². The van der Waals surface area contributed by atoms with Gasteiger partial charge in [0, 0.05) is 6.54 Å². The maximum Gasteiger partial charge on any atom is 0.240 e. The summed E-state index contributed by atoms with van der Waals surface area (Å²) in [6.07, 6.45) is 1.50.